The molecule has 13 heavy (non-hydrogen) atoms. The summed E-state index contributed by atoms with van der Waals surface area (Å²) in [6.45, 7) is 3.06. The molecular weight excluding hydrogens is 164 g/mol. The number of hydrogen-bond acceptors (Lipinski definition) is 3. The summed E-state index contributed by atoms with van der Waals surface area (Å²) in [7, 11) is 1.75. The van der Waals surface area contributed by atoms with Gasteiger partial charge in [0.1, 0.15) is 0 Å². The lowest BCUT2D eigenvalue weighted by molar-refractivity contribution is 0.194. The SMILES string of the molecule is COCCCNC[C@@H]1CC[C@H](N)C1. The van der Waals surface area contributed by atoms with Crippen LogP contribution in [0, 0.1) is 5.92 Å². The summed E-state index contributed by atoms with van der Waals surface area (Å²) in [6, 6.07) is 0.464. The second-order valence-electron chi connectivity index (χ2n) is 3.99. The van der Waals surface area contributed by atoms with Crippen molar-refractivity contribution in [1.82, 2.24) is 5.32 Å². The van der Waals surface area contributed by atoms with Gasteiger partial charge in [0, 0.05) is 19.8 Å². The third kappa shape index (κ3) is 4.60. The molecule has 0 unspecified atom stereocenters. The van der Waals surface area contributed by atoms with E-state index in [0.717, 1.165) is 32.0 Å². The quantitative estimate of drug-likeness (QED) is 0.601. The van der Waals surface area contributed by atoms with Gasteiger partial charge in [-0.15, -0.1) is 0 Å². The third-order valence-electron chi connectivity index (χ3n) is 2.72. The topological polar surface area (TPSA) is 47.3 Å². The Morgan fingerprint density at radius 1 is 1.46 bits per heavy atom. The fourth-order valence-corrected chi connectivity index (χ4v) is 1.95. The molecule has 0 aromatic carbocycles. The summed E-state index contributed by atoms with van der Waals surface area (Å²) in [5.41, 5.74) is 5.83. The summed E-state index contributed by atoms with van der Waals surface area (Å²) in [4.78, 5) is 0. The monoisotopic (exact) mass is 186 g/mol. The highest BCUT2D eigenvalue weighted by Gasteiger charge is 2.20. The molecule has 3 heteroatoms. The molecule has 0 bridgehead atoms. The molecule has 1 rings (SSSR count). The van der Waals surface area contributed by atoms with E-state index in [-0.39, 0.29) is 0 Å². The Kier molecular flexibility index (Phi) is 5.35. The highest BCUT2D eigenvalue weighted by molar-refractivity contribution is 4.78. The molecule has 3 nitrogen and oxygen atoms in total. The fourth-order valence-electron chi connectivity index (χ4n) is 1.95. The van der Waals surface area contributed by atoms with E-state index in [0.29, 0.717) is 6.04 Å². The number of nitrogens with one attached hydrogen (secondary N) is 1. The first kappa shape index (κ1) is 11.0. The number of hydrogen-bond donors (Lipinski definition) is 2. The van der Waals surface area contributed by atoms with Crippen LogP contribution in [0.4, 0.5) is 0 Å². The first-order chi connectivity index (χ1) is 6.33. The lowest BCUT2D eigenvalue weighted by Gasteiger charge is -2.10. The minimum atomic E-state index is 0.464. The maximum Gasteiger partial charge on any atom is 0.0474 e. The van der Waals surface area contributed by atoms with Gasteiger partial charge in [0.05, 0.1) is 0 Å². The molecule has 0 spiro atoms. The first-order valence-corrected chi connectivity index (χ1v) is 5.28. The van der Waals surface area contributed by atoms with Crippen molar-refractivity contribution in [3.8, 4) is 0 Å². The molecule has 0 aliphatic heterocycles. The number of methoxy groups -OCH3 is 1. The second-order valence-corrected chi connectivity index (χ2v) is 3.99. The molecule has 0 heterocycles. The maximum atomic E-state index is 5.83. The Morgan fingerprint density at radius 3 is 2.92 bits per heavy atom. The molecule has 0 aromatic heterocycles. The lowest BCUT2D eigenvalue weighted by Crippen LogP contribution is -2.24. The van der Waals surface area contributed by atoms with Crippen LogP contribution < -0.4 is 11.1 Å². The van der Waals surface area contributed by atoms with Gasteiger partial charge < -0.3 is 15.8 Å². The van der Waals surface area contributed by atoms with E-state index in [4.69, 9.17) is 10.5 Å². The van der Waals surface area contributed by atoms with Crippen molar-refractivity contribution in [2.45, 2.75) is 31.7 Å². The smallest absolute Gasteiger partial charge is 0.0474 e. The molecule has 0 amide bonds. The van der Waals surface area contributed by atoms with Crippen LogP contribution in [0.5, 0.6) is 0 Å². The standard InChI is InChI=1S/C10H22N2O/c1-13-6-2-5-12-8-9-3-4-10(11)7-9/h9-10,12H,2-8,11H2,1H3/t9-,10+/m1/s1. The zero-order chi connectivity index (χ0) is 9.52. The molecule has 0 saturated heterocycles. The van der Waals surface area contributed by atoms with Crippen molar-refractivity contribution >= 4 is 0 Å². The minimum absolute atomic E-state index is 0.464. The van der Waals surface area contributed by atoms with Gasteiger partial charge in [-0.1, -0.05) is 0 Å². The van der Waals surface area contributed by atoms with E-state index >= 15 is 0 Å². The number of ether oxygens (including phenoxy) is 1. The van der Waals surface area contributed by atoms with Gasteiger partial charge in [0.25, 0.3) is 0 Å². The molecule has 78 valence electrons. The Morgan fingerprint density at radius 2 is 2.31 bits per heavy atom. The average Bonchev–Trinajstić information content (AvgIpc) is 2.51. The van der Waals surface area contributed by atoms with E-state index < -0.39 is 0 Å². The summed E-state index contributed by atoms with van der Waals surface area (Å²) in [5, 5.41) is 3.45. The van der Waals surface area contributed by atoms with Crippen molar-refractivity contribution in [3.63, 3.8) is 0 Å². The number of rotatable bonds is 6. The van der Waals surface area contributed by atoms with E-state index in [9.17, 15) is 0 Å². The minimum Gasteiger partial charge on any atom is -0.385 e. The van der Waals surface area contributed by atoms with Crippen LogP contribution in [0.25, 0.3) is 0 Å². The predicted molar refractivity (Wildman–Crippen MR) is 54.7 cm³/mol. The molecule has 0 aromatic rings. The fraction of sp³-hybridized carbons (Fsp3) is 1.00. The third-order valence-corrected chi connectivity index (χ3v) is 2.72. The van der Waals surface area contributed by atoms with Crippen LogP contribution in [0.2, 0.25) is 0 Å². The number of nitrogens with two attached hydrogens (primary N) is 1. The van der Waals surface area contributed by atoms with Crippen molar-refractivity contribution in [1.29, 1.82) is 0 Å². The van der Waals surface area contributed by atoms with E-state index in [1.165, 1.54) is 19.3 Å². The van der Waals surface area contributed by atoms with Gasteiger partial charge in [0.2, 0.25) is 0 Å². The van der Waals surface area contributed by atoms with Gasteiger partial charge in [-0.05, 0) is 44.7 Å². The Bertz CT molecular complexity index is 130. The van der Waals surface area contributed by atoms with Crippen LogP contribution in [-0.4, -0.2) is 32.8 Å². The van der Waals surface area contributed by atoms with Gasteiger partial charge in [0.15, 0.2) is 0 Å². The molecule has 1 aliphatic rings. The lowest BCUT2D eigenvalue weighted by atomic mass is 10.1. The van der Waals surface area contributed by atoms with Crippen molar-refractivity contribution in [2.24, 2.45) is 11.7 Å². The van der Waals surface area contributed by atoms with Crippen LogP contribution >= 0.6 is 0 Å². The summed E-state index contributed by atoms with van der Waals surface area (Å²) < 4.78 is 4.97. The maximum absolute atomic E-state index is 5.83. The van der Waals surface area contributed by atoms with Crippen molar-refractivity contribution < 1.29 is 4.74 Å². The zero-order valence-electron chi connectivity index (χ0n) is 8.59. The van der Waals surface area contributed by atoms with Gasteiger partial charge in [-0.3, -0.25) is 0 Å². The second kappa shape index (κ2) is 6.35. The molecule has 2 atom stereocenters. The summed E-state index contributed by atoms with van der Waals surface area (Å²) in [5.74, 6) is 0.817. The average molecular weight is 186 g/mol. The van der Waals surface area contributed by atoms with Crippen LogP contribution in [-0.2, 0) is 4.74 Å². The predicted octanol–water partition coefficient (Wildman–Crippen LogP) is 0.740. The molecule has 0 radical (unpaired) electrons. The highest BCUT2D eigenvalue weighted by Crippen LogP contribution is 2.22. The van der Waals surface area contributed by atoms with Crippen molar-refractivity contribution in [2.75, 3.05) is 26.8 Å². The van der Waals surface area contributed by atoms with E-state index in [2.05, 4.69) is 5.32 Å². The van der Waals surface area contributed by atoms with Crippen molar-refractivity contribution in [3.05, 3.63) is 0 Å². The first-order valence-electron chi connectivity index (χ1n) is 5.28. The summed E-state index contributed by atoms with van der Waals surface area (Å²) in [6.07, 6.45) is 4.83. The van der Waals surface area contributed by atoms with Gasteiger partial charge in [-0.2, -0.15) is 0 Å². The van der Waals surface area contributed by atoms with Crippen LogP contribution in [0.15, 0.2) is 0 Å². The normalized spacial score (nSPS) is 28.2. The molecule has 1 fully saturated rings. The largest absolute Gasteiger partial charge is 0.385 e. The Balaban J connectivity index is 1.88. The molecular formula is C10H22N2O. The van der Waals surface area contributed by atoms with Gasteiger partial charge in [-0.25, -0.2) is 0 Å². The van der Waals surface area contributed by atoms with E-state index in [1.54, 1.807) is 7.11 Å². The zero-order valence-corrected chi connectivity index (χ0v) is 8.59. The van der Waals surface area contributed by atoms with Crippen LogP contribution in [0.1, 0.15) is 25.7 Å². The van der Waals surface area contributed by atoms with Gasteiger partial charge >= 0.3 is 0 Å². The molecule has 3 N–H and O–H groups in total. The van der Waals surface area contributed by atoms with E-state index in [1.807, 2.05) is 0 Å². The summed E-state index contributed by atoms with van der Waals surface area (Å²) >= 11 is 0. The molecule has 1 aliphatic carbocycles. The highest BCUT2D eigenvalue weighted by atomic mass is 16.5. The molecule has 1 saturated carbocycles. The Hall–Kier alpha value is -0.120. The Labute approximate surface area is 81.0 Å². The van der Waals surface area contributed by atoms with Crippen LogP contribution in [0.3, 0.4) is 0 Å².